The Morgan fingerprint density at radius 1 is 1.17 bits per heavy atom. The average Bonchev–Trinajstić information content (AvgIpc) is 3.09. The molecule has 1 amide bonds. The first-order valence-electron chi connectivity index (χ1n) is 8.26. The van der Waals surface area contributed by atoms with E-state index in [1.807, 2.05) is 43.1 Å². The molecule has 1 aliphatic heterocycles. The molecule has 1 saturated heterocycles. The first-order chi connectivity index (χ1) is 11.0. The highest BCUT2D eigenvalue weighted by Gasteiger charge is 2.24. The molecule has 5 heteroatoms. The van der Waals surface area contributed by atoms with Crippen LogP contribution in [0.15, 0.2) is 24.3 Å². The molecular formula is C18H28N2O3. The largest absolute Gasteiger partial charge is 0.396 e. The predicted molar refractivity (Wildman–Crippen MR) is 90.2 cm³/mol. The Balaban J connectivity index is 1.93. The van der Waals surface area contributed by atoms with Gasteiger partial charge in [0.2, 0.25) is 0 Å². The number of rotatable bonds is 7. The first-order valence-corrected chi connectivity index (χ1v) is 8.26. The van der Waals surface area contributed by atoms with Crippen LogP contribution in [0.2, 0.25) is 0 Å². The fraction of sp³-hybridized carbons (Fsp3) is 0.611. The van der Waals surface area contributed by atoms with Crippen molar-refractivity contribution in [3.63, 3.8) is 0 Å². The number of hydrogen-bond acceptors (Lipinski definition) is 4. The fourth-order valence-electron chi connectivity index (χ4n) is 3.02. The molecule has 0 bridgehead atoms. The number of carbonyl (C=O) groups excluding carboxylic acids is 1. The Kier molecular flexibility index (Phi) is 6.16. The quantitative estimate of drug-likeness (QED) is 0.796. The lowest BCUT2D eigenvalue weighted by molar-refractivity contribution is 0.0402. The molecule has 0 aliphatic carbocycles. The van der Waals surface area contributed by atoms with E-state index in [-0.39, 0.29) is 19.1 Å². The van der Waals surface area contributed by atoms with E-state index in [1.54, 1.807) is 0 Å². The zero-order chi connectivity index (χ0) is 16.9. The van der Waals surface area contributed by atoms with Gasteiger partial charge in [-0.05, 0) is 37.6 Å². The van der Waals surface area contributed by atoms with Crippen LogP contribution in [-0.4, -0.2) is 65.8 Å². The van der Waals surface area contributed by atoms with Gasteiger partial charge in [0.1, 0.15) is 0 Å². The molecule has 0 unspecified atom stereocenters. The van der Waals surface area contributed by atoms with Crippen LogP contribution in [-0.2, 0) is 6.54 Å². The SMILES string of the molecule is CN(Cc1ccc(C(=O)N2CCCC2)cc1)CC(C)(CO)CO. The summed E-state index contributed by atoms with van der Waals surface area (Å²) in [7, 11) is 1.97. The smallest absolute Gasteiger partial charge is 0.253 e. The minimum Gasteiger partial charge on any atom is -0.396 e. The van der Waals surface area contributed by atoms with Crippen molar-refractivity contribution in [2.75, 3.05) is 39.9 Å². The van der Waals surface area contributed by atoms with Gasteiger partial charge in [-0.1, -0.05) is 19.1 Å². The van der Waals surface area contributed by atoms with E-state index in [9.17, 15) is 15.0 Å². The van der Waals surface area contributed by atoms with Gasteiger partial charge in [-0.3, -0.25) is 4.79 Å². The number of amides is 1. The molecule has 0 aromatic heterocycles. The van der Waals surface area contributed by atoms with E-state index in [1.165, 1.54) is 0 Å². The third-order valence-corrected chi connectivity index (χ3v) is 4.46. The molecule has 1 heterocycles. The van der Waals surface area contributed by atoms with E-state index in [4.69, 9.17) is 0 Å². The van der Waals surface area contributed by atoms with Gasteiger partial charge in [-0.2, -0.15) is 0 Å². The van der Waals surface area contributed by atoms with Crippen molar-refractivity contribution in [2.45, 2.75) is 26.3 Å². The van der Waals surface area contributed by atoms with Gasteiger partial charge in [-0.25, -0.2) is 0 Å². The second-order valence-corrected chi connectivity index (χ2v) is 7.00. The maximum absolute atomic E-state index is 12.3. The van der Waals surface area contributed by atoms with E-state index in [0.29, 0.717) is 13.1 Å². The summed E-state index contributed by atoms with van der Waals surface area (Å²) < 4.78 is 0. The Morgan fingerprint density at radius 3 is 2.26 bits per heavy atom. The van der Waals surface area contributed by atoms with Crippen LogP contribution >= 0.6 is 0 Å². The summed E-state index contributed by atoms with van der Waals surface area (Å²) in [4.78, 5) is 16.3. The Bertz CT molecular complexity index is 506. The summed E-state index contributed by atoms with van der Waals surface area (Å²) in [5.41, 5.74) is 1.36. The number of aliphatic hydroxyl groups is 2. The van der Waals surface area contributed by atoms with Crippen LogP contribution < -0.4 is 0 Å². The van der Waals surface area contributed by atoms with E-state index < -0.39 is 5.41 Å². The van der Waals surface area contributed by atoms with E-state index >= 15 is 0 Å². The first kappa shape index (κ1) is 17.9. The van der Waals surface area contributed by atoms with E-state index in [2.05, 4.69) is 4.90 Å². The maximum Gasteiger partial charge on any atom is 0.253 e. The van der Waals surface area contributed by atoms with E-state index in [0.717, 1.165) is 37.1 Å². The minimum absolute atomic E-state index is 0.0445. The van der Waals surface area contributed by atoms with Crippen LogP contribution in [0, 0.1) is 5.41 Å². The molecule has 0 saturated carbocycles. The van der Waals surface area contributed by atoms with Gasteiger partial charge in [0.05, 0.1) is 13.2 Å². The van der Waals surface area contributed by atoms with Crippen LogP contribution in [0.25, 0.3) is 0 Å². The number of benzene rings is 1. The summed E-state index contributed by atoms with van der Waals surface area (Å²) in [5, 5.41) is 18.7. The zero-order valence-electron chi connectivity index (χ0n) is 14.2. The lowest BCUT2D eigenvalue weighted by atomic mass is 9.92. The van der Waals surface area contributed by atoms with Gasteiger partial charge in [-0.15, -0.1) is 0 Å². The van der Waals surface area contributed by atoms with Crippen molar-refractivity contribution in [3.05, 3.63) is 35.4 Å². The summed E-state index contributed by atoms with van der Waals surface area (Å²) in [6.07, 6.45) is 2.20. The molecule has 128 valence electrons. The molecule has 5 nitrogen and oxygen atoms in total. The van der Waals surface area contributed by atoms with Gasteiger partial charge in [0, 0.05) is 37.2 Å². The standard InChI is InChI=1S/C18H28N2O3/c1-18(13-21,14-22)12-19(2)11-15-5-7-16(8-6-15)17(23)20-9-3-4-10-20/h5-8,21-22H,3-4,9-14H2,1-2H3. The van der Waals surface area contributed by atoms with Gasteiger partial charge in [0.15, 0.2) is 0 Å². The van der Waals surface area contributed by atoms with Crippen molar-refractivity contribution in [2.24, 2.45) is 5.41 Å². The molecule has 1 fully saturated rings. The second kappa shape index (κ2) is 7.90. The molecule has 0 spiro atoms. The molecule has 23 heavy (non-hydrogen) atoms. The fourth-order valence-corrected chi connectivity index (χ4v) is 3.02. The van der Waals surface area contributed by atoms with Crippen molar-refractivity contribution in [1.29, 1.82) is 0 Å². The highest BCUT2D eigenvalue weighted by Crippen LogP contribution is 2.18. The number of likely N-dealkylation sites (tertiary alicyclic amines) is 1. The van der Waals surface area contributed by atoms with Gasteiger partial charge >= 0.3 is 0 Å². The lowest BCUT2D eigenvalue weighted by Crippen LogP contribution is -2.38. The molecule has 2 rings (SSSR count). The van der Waals surface area contributed by atoms with Crippen LogP contribution in [0.4, 0.5) is 0 Å². The third-order valence-electron chi connectivity index (χ3n) is 4.46. The van der Waals surface area contributed by atoms with Crippen LogP contribution in [0.3, 0.4) is 0 Å². The Hall–Kier alpha value is -1.43. The molecule has 1 aromatic rings. The normalized spacial score (nSPS) is 15.4. The molecule has 2 N–H and O–H groups in total. The van der Waals surface area contributed by atoms with Gasteiger partial charge < -0.3 is 20.0 Å². The highest BCUT2D eigenvalue weighted by molar-refractivity contribution is 5.94. The molecule has 0 atom stereocenters. The minimum atomic E-state index is -0.500. The van der Waals surface area contributed by atoms with Crippen LogP contribution in [0.5, 0.6) is 0 Å². The summed E-state index contributed by atoms with van der Waals surface area (Å²) >= 11 is 0. The number of aliphatic hydroxyl groups excluding tert-OH is 2. The zero-order valence-corrected chi connectivity index (χ0v) is 14.2. The summed E-state index contributed by atoms with van der Waals surface area (Å²) in [5.74, 6) is 0.121. The molecule has 0 radical (unpaired) electrons. The average molecular weight is 320 g/mol. The monoisotopic (exact) mass is 320 g/mol. The maximum atomic E-state index is 12.3. The van der Waals surface area contributed by atoms with Crippen molar-refractivity contribution >= 4 is 5.91 Å². The number of hydrogen-bond donors (Lipinski definition) is 2. The van der Waals surface area contributed by atoms with Crippen LogP contribution in [0.1, 0.15) is 35.7 Å². The Labute approximate surface area is 138 Å². The van der Waals surface area contributed by atoms with Gasteiger partial charge in [0.25, 0.3) is 5.91 Å². The topological polar surface area (TPSA) is 64.0 Å². The van der Waals surface area contributed by atoms with Crippen molar-refractivity contribution < 1.29 is 15.0 Å². The Morgan fingerprint density at radius 2 is 1.74 bits per heavy atom. The number of carbonyl (C=O) groups is 1. The summed E-state index contributed by atoms with van der Waals surface area (Å²) in [6, 6.07) is 7.74. The number of nitrogens with zero attached hydrogens (tertiary/aromatic N) is 2. The second-order valence-electron chi connectivity index (χ2n) is 7.00. The molecule has 1 aromatic carbocycles. The lowest BCUT2D eigenvalue weighted by Gasteiger charge is -2.30. The predicted octanol–water partition coefficient (Wildman–Crippen LogP) is 1.35. The molecular weight excluding hydrogens is 292 g/mol. The molecule has 1 aliphatic rings. The van der Waals surface area contributed by atoms with Crippen molar-refractivity contribution in [1.82, 2.24) is 9.80 Å². The van der Waals surface area contributed by atoms with Crippen molar-refractivity contribution in [3.8, 4) is 0 Å². The summed E-state index contributed by atoms with van der Waals surface area (Å²) in [6.45, 7) is 4.83. The highest BCUT2D eigenvalue weighted by atomic mass is 16.3. The third kappa shape index (κ3) is 4.77.